The van der Waals surface area contributed by atoms with Crippen LogP contribution in [0.25, 0.3) is 0 Å². The summed E-state index contributed by atoms with van der Waals surface area (Å²) in [5, 5.41) is 13.0. The molecule has 1 fully saturated rings. The lowest BCUT2D eigenvalue weighted by Gasteiger charge is -2.27. The molecule has 1 aliphatic rings. The van der Waals surface area contributed by atoms with Crippen molar-refractivity contribution in [1.29, 1.82) is 0 Å². The summed E-state index contributed by atoms with van der Waals surface area (Å²) in [4.78, 5) is 19.3. The van der Waals surface area contributed by atoms with Gasteiger partial charge in [0.1, 0.15) is 0 Å². The van der Waals surface area contributed by atoms with Crippen LogP contribution in [0.5, 0.6) is 0 Å². The van der Waals surface area contributed by atoms with Crippen molar-refractivity contribution in [1.82, 2.24) is 19.9 Å². The molecule has 2 N–H and O–H groups in total. The highest BCUT2D eigenvalue weighted by atomic mass is 16.3. The van der Waals surface area contributed by atoms with Crippen LogP contribution in [0, 0.1) is 0 Å². The molecular weight excluding hydrogens is 270 g/mol. The largest absolute Gasteiger partial charge is 0.391 e. The first kappa shape index (κ1) is 15.7. The third-order valence-electron chi connectivity index (χ3n) is 3.46. The second kappa shape index (κ2) is 6.40. The van der Waals surface area contributed by atoms with Crippen LogP contribution >= 0.6 is 0 Å². The van der Waals surface area contributed by atoms with Crippen molar-refractivity contribution in [3.05, 3.63) is 0 Å². The molecule has 21 heavy (non-hydrogen) atoms. The van der Waals surface area contributed by atoms with Crippen LogP contribution in [-0.4, -0.2) is 85.4 Å². The second-order valence-corrected chi connectivity index (χ2v) is 5.86. The van der Waals surface area contributed by atoms with Crippen LogP contribution in [0.3, 0.4) is 0 Å². The van der Waals surface area contributed by atoms with Crippen molar-refractivity contribution >= 4 is 17.8 Å². The Bertz CT molecular complexity index is 480. The quantitative estimate of drug-likeness (QED) is 0.751. The third-order valence-corrected chi connectivity index (χ3v) is 3.46. The Kier molecular flexibility index (Phi) is 4.79. The van der Waals surface area contributed by atoms with Crippen LogP contribution in [-0.2, 0) is 0 Å². The van der Waals surface area contributed by atoms with Crippen molar-refractivity contribution in [2.75, 3.05) is 63.4 Å². The van der Waals surface area contributed by atoms with E-state index in [1.807, 2.05) is 33.1 Å². The Balaban J connectivity index is 2.32. The van der Waals surface area contributed by atoms with E-state index in [2.05, 4.69) is 30.1 Å². The van der Waals surface area contributed by atoms with Gasteiger partial charge in [0.2, 0.25) is 17.8 Å². The van der Waals surface area contributed by atoms with Gasteiger partial charge < -0.3 is 25.1 Å². The molecule has 0 bridgehead atoms. The van der Waals surface area contributed by atoms with Gasteiger partial charge in [-0.05, 0) is 20.5 Å². The zero-order valence-corrected chi connectivity index (χ0v) is 13.4. The monoisotopic (exact) mass is 295 g/mol. The molecule has 1 aromatic heterocycles. The molecule has 1 aliphatic heterocycles. The molecule has 2 heterocycles. The average Bonchev–Trinajstić information content (AvgIpc) is 2.78. The molecular formula is C13H25N7O. The predicted octanol–water partition coefficient (Wildman–Crippen LogP) is -0.519. The number of nitrogens with one attached hydrogen (secondary N) is 1. The summed E-state index contributed by atoms with van der Waals surface area (Å²) in [7, 11) is 9.64. The molecule has 8 nitrogen and oxygen atoms in total. The highest BCUT2D eigenvalue weighted by Crippen LogP contribution is 2.25. The molecule has 2 atom stereocenters. The summed E-state index contributed by atoms with van der Waals surface area (Å²) >= 11 is 0. The van der Waals surface area contributed by atoms with Crippen molar-refractivity contribution in [2.45, 2.75) is 18.6 Å². The number of aliphatic hydroxyl groups is 1. The molecule has 0 saturated carbocycles. The minimum Gasteiger partial charge on any atom is -0.391 e. The lowest BCUT2D eigenvalue weighted by atomic mass is 10.2. The van der Waals surface area contributed by atoms with Gasteiger partial charge in [-0.2, -0.15) is 15.0 Å². The molecule has 0 aromatic carbocycles. The zero-order chi connectivity index (χ0) is 15.6. The van der Waals surface area contributed by atoms with Crippen molar-refractivity contribution in [2.24, 2.45) is 0 Å². The maximum Gasteiger partial charge on any atom is 0.232 e. The number of likely N-dealkylation sites (N-methyl/N-ethyl adjacent to an activating group) is 1. The number of aromatic nitrogens is 3. The number of nitrogens with zero attached hydrogens (tertiary/aromatic N) is 6. The molecule has 1 saturated heterocycles. The first-order valence-corrected chi connectivity index (χ1v) is 7.11. The van der Waals surface area contributed by atoms with Crippen LogP contribution in [0.1, 0.15) is 6.42 Å². The van der Waals surface area contributed by atoms with E-state index in [0.717, 1.165) is 13.0 Å². The number of aliphatic hydroxyl groups excluding tert-OH is 1. The second-order valence-electron chi connectivity index (χ2n) is 5.86. The van der Waals surface area contributed by atoms with E-state index in [0.29, 0.717) is 24.4 Å². The summed E-state index contributed by atoms with van der Waals surface area (Å²) in [5.41, 5.74) is 0. The number of anilines is 3. The van der Waals surface area contributed by atoms with Gasteiger partial charge in [0.15, 0.2) is 0 Å². The van der Waals surface area contributed by atoms with Gasteiger partial charge in [0.25, 0.3) is 0 Å². The predicted molar refractivity (Wildman–Crippen MR) is 84.0 cm³/mol. The Morgan fingerprint density at radius 2 is 1.95 bits per heavy atom. The Morgan fingerprint density at radius 3 is 2.52 bits per heavy atom. The van der Waals surface area contributed by atoms with Crippen molar-refractivity contribution < 1.29 is 5.11 Å². The minimum atomic E-state index is -0.340. The first-order valence-electron chi connectivity index (χ1n) is 7.11. The lowest BCUT2D eigenvalue weighted by Crippen LogP contribution is -2.39. The Labute approximate surface area is 125 Å². The first-order chi connectivity index (χ1) is 9.90. The van der Waals surface area contributed by atoms with E-state index in [9.17, 15) is 5.11 Å². The molecule has 0 spiro atoms. The van der Waals surface area contributed by atoms with Gasteiger partial charge in [-0.15, -0.1) is 0 Å². The third kappa shape index (κ3) is 3.70. The van der Waals surface area contributed by atoms with Gasteiger partial charge in [-0.1, -0.05) is 0 Å². The van der Waals surface area contributed by atoms with E-state index < -0.39 is 0 Å². The normalized spacial score (nSPS) is 22.0. The van der Waals surface area contributed by atoms with Gasteiger partial charge in [0, 0.05) is 40.3 Å². The fourth-order valence-electron chi connectivity index (χ4n) is 2.53. The summed E-state index contributed by atoms with van der Waals surface area (Å²) in [6.07, 6.45) is 0.392. The topological polar surface area (TPSA) is 80.7 Å². The van der Waals surface area contributed by atoms with E-state index in [-0.39, 0.29) is 12.1 Å². The molecule has 0 aliphatic carbocycles. The fourth-order valence-corrected chi connectivity index (χ4v) is 2.53. The van der Waals surface area contributed by atoms with Crippen LogP contribution in [0.2, 0.25) is 0 Å². The lowest BCUT2D eigenvalue weighted by molar-refractivity contribution is 0.191. The molecule has 0 radical (unpaired) electrons. The van der Waals surface area contributed by atoms with Crippen LogP contribution < -0.4 is 15.1 Å². The van der Waals surface area contributed by atoms with E-state index in [1.54, 1.807) is 7.05 Å². The minimum absolute atomic E-state index is 0.206. The van der Waals surface area contributed by atoms with E-state index in [1.165, 1.54) is 0 Å². The molecule has 0 amide bonds. The Hall–Kier alpha value is -1.67. The van der Waals surface area contributed by atoms with Gasteiger partial charge in [-0.25, -0.2) is 0 Å². The summed E-state index contributed by atoms with van der Waals surface area (Å²) < 4.78 is 0. The average molecular weight is 295 g/mol. The maximum absolute atomic E-state index is 9.99. The molecule has 2 rings (SSSR count). The van der Waals surface area contributed by atoms with E-state index >= 15 is 0 Å². The fraction of sp³-hybridized carbons (Fsp3) is 0.769. The molecule has 1 aromatic rings. The molecule has 118 valence electrons. The van der Waals surface area contributed by atoms with Crippen molar-refractivity contribution in [3.63, 3.8) is 0 Å². The summed E-state index contributed by atoms with van der Waals surface area (Å²) in [6.45, 7) is 1.41. The maximum atomic E-state index is 9.99. The standard InChI is InChI=1S/C13H25N7O/c1-14-11-15-12(19(4)5)17-13(16-11)20-8-10(21)6-9(20)7-18(2)3/h9-10,21H,6-8H2,1-5H3,(H,14,15,16,17). The molecule has 2 unspecified atom stereocenters. The smallest absolute Gasteiger partial charge is 0.232 e. The van der Waals surface area contributed by atoms with Gasteiger partial charge >= 0.3 is 0 Å². The van der Waals surface area contributed by atoms with Gasteiger partial charge in [-0.3, -0.25) is 0 Å². The zero-order valence-electron chi connectivity index (χ0n) is 13.4. The molecule has 8 heteroatoms. The summed E-state index contributed by atoms with van der Waals surface area (Å²) in [6, 6.07) is 0.206. The van der Waals surface area contributed by atoms with E-state index in [4.69, 9.17) is 0 Å². The SMILES string of the molecule is CNc1nc(N(C)C)nc(N2CC(O)CC2CN(C)C)n1. The highest BCUT2D eigenvalue weighted by molar-refractivity contribution is 5.46. The number of hydrogen-bond donors (Lipinski definition) is 2. The van der Waals surface area contributed by atoms with Crippen LogP contribution in [0.4, 0.5) is 17.8 Å². The van der Waals surface area contributed by atoms with Gasteiger partial charge in [0.05, 0.1) is 6.10 Å². The van der Waals surface area contributed by atoms with Crippen LogP contribution in [0.15, 0.2) is 0 Å². The number of rotatable bonds is 5. The summed E-state index contributed by atoms with van der Waals surface area (Å²) in [5.74, 6) is 1.75. The highest BCUT2D eigenvalue weighted by Gasteiger charge is 2.33. The number of hydrogen-bond acceptors (Lipinski definition) is 8. The number of β-amino-alcohol motifs (C(OH)–C–C–N with tert-alkyl or cyclic N) is 1. The Morgan fingerprint density at radius 1 is 1.24 bits per heavy atom. The van der Waals surface area contributed by atoms with Crippen molar-refractivity contribution in [3.8, 4) is 0 Å².